The van der Waals surface area contributed by atoms with Crippen LogP contribution < -0.4 is 10.1 Å². The van der Waals surface area contributed by atoms with E-state index in [-0.39, 0.29) is 0 Å². The Bertz CT molecular complexity index is 513. The minimum atomic E-state index is 0.576. The van der Waals surface area contributed by atoms with Gasteiger partial charge in [-0.3, -0.25) is 9.97 Å². The second kappa shape index (κ2) is 6.68. The Hall–Kier alpha value is -2.17. The van der Waals surface area contributed by atoms with E-state index in [1.165, 1.54) is 0 Å². The fourth-order valence-electron chi connectivity index (χ4n) is 1.54. The van der Waals surface area contributed by atoms with Gasteiger partial charge in [-0.15, -0.1) is 0 Å². The van der Waals surface area contributed by atoms with Crippen LogP contribution in [0.3, 0.4) is 0 Å². The van der Waals surface area contributed by atoms with E-state index < -0.39 is 0 Å². The van der Waals surface area contributed by atoms with Gasteiger partial charge in [0, 0.05) is 12.4 Å². The summed E-state index contributed by atoms with van der Waals surface area (Å²) in [4.78, 5) is 12.8. The zero-order valence-corrected chi connectivity index (χ0v) is 11.3. The molecule has 5 nitrogen and oxygen atoms in total. The average molecular weight is 258 g/mol. The molecule has 0 bridgehead atoms. The predicted molar refractivity (Wildman–Crippen MR) is 74.1 cm³/mol. The molecule has 5 heteroatoms. The first-order valence-electron chi connectivity index (χ1n) is 6.39. The molecule has 0 saturated carbocycles. The van der Waals surface area contributed by atoms with Crippen molar-refractivity contribution < 1.29 is 4.74 Å². The molecule has 0 aliphatic rings. The number of aromatic nitrogens is 3. The first-order chi connectivity index (χ1) is 9.29. The summed E-state index contributed by atoms with van der Waals surface area (Å²) in [5.41, 5.74) is 1.78. The fourth-order valence-corrected chi connectivity index (χ4v) is 1.54. The van der Waals surface area contributed by atoms with Crippen LogP contribution in [0, 0.1) is 6.92 Å². The number of nitrogens with one attached hydrogen (secondary N) is 1. The quantitative estimate of drug-likeness (QED) is 0.863. The third-order valence-corrected chi connectivity index (χ3v) is 2.50. The van der Waals surface area contributed by atoms with E-state index in [1.807, 2.05) is 19.1 Å². The van der Waals surface area contributed by atoms with Gasteiger partial charge in [-0.25, -0.2) is 4.98 Å². The van der Waals surface area contributed by atoms with Crippen LogP contribution in [0.4, 0.5) is 5.82 Å². The third-order valence-electron chi connectivity index (χ3n) is 2.50. The Morgan fingerprint density at radius 1 is 1.21 bits per heavy atom. The monoisotopic (exact) mass is 258 g/mol. The van der Waals surface area contributed by atoms with Crippen molar-refractivity contribution in [1.29, 1.82) is 0 Å². The summed E-state index contributed by atoms with van der Waals surface area (Å²) in [6, 6.07) is 3.77. The van der Waals surface area contributed by atoms with Gasteiger partial charge in [-0.05, 0) is 25.5 Å². The Labute approximate surface area is 113 Å². The summed E-state index contributed by atoms with van der Waals surface area (Å²) >= 11 is 0. The number of nitrogens with zero attached hydrogens (tertiary/aromatic N) is 3. The lowest BCUT2D eigenvalue weighted by molar-refractivity contribution is 0.318. The number of pyridine rings is 1. The molecule has 2 rings (SSSR count). The van der Waals surface area contributed by atoms with Crippen molar-refractivity contribution in [3.63, 3.8) is 0 Å². The van der Waals surface area contributed by atoms with E-state index in [2.05, 4.69) is 27.2 Å². The summed E-state index contributed by atoms with van der Waals surface area (Å²) in [7, 11) is 0. The van der Waals surface area contributed by atoms with E-state index in [4.69, 9.17) is 4.74 Å². The molecule has 0 atom stereocenters. The molecule has 100 valence electrons. The van der Waals surface area contributed by atoms with E-state index in [1.54, 1.807) is 18.6 Å². The minimum Gasteiger partial charge on any atom is -0.490 e. The molecule has 19 heavy (non-hydrogen) atoms. The highest BCUT2D eigenvalue weighted by molar-refractivity contribution is 5.49. The van der Waals surface area contributed by atoms with E-state index in [0.29, 0.717) is 13.2 Å². The van der Waals surface area contributed by atoms with Crippen LogP contribution in [0.1, 0.15) is 24.7 Å². The van der Waals surface area contributed by atoms with E-state index in [9.17, 15) is 0 Å². The number of hydrogen-bond donors (Lipinski definition) is 1. The first kappa shape index (κ1) is 13.3. The van der Waals surface area contributed by atoms with Crippen LogP contribution >= 0.6 is 0 Å². The van der Waals surface area contributed by atoms with Crippen molar-refractivity contribution >= 4 is 5.82 Å². The first-order valence-corrected chi connectivity index (χ1v) is 6.39. The van der Waals surface area contributed by atoms with Crippen LogP contribution in [0.25, 0.3) is 0 Å². The standard InChI is InChI=1S/C14H18N4O/c1-3-7-19-13-5-4-6-15-14(13)18-10-12-9-16-11(2)8-17-12/h4-6,8-9H,3,7,10H2,1-2H3,(H,15,18). The van der Waals surface area contributed by atoms with E-state index >= 15 is 0 Å². The van der Waals surface area contributed by atoms with Gasteiger partial charge in [0.1, 0.15) is 0 Å². The highest BCUT2D eigenvalue weighted by Crippen LogP contribution is 2.21. The summed E-state index contributed by atoms with van der Waals surface area (Å²) in [6.07, 6.45) is 6.22. The SMILES string of the molecule is CCCOc1cccnc1NCc1cnc(C)cn1. The normalized spacial score (nSPS) is 10.2. The maximum atomic E-state index is 5.63. The van der Waals surface area contributed by atoms with Gasteiger partial charge in [-0.1, -0.05) is 6.92 Å². The molecule has 0 saturated heterocycles. The topological polar surface area (TPSA) is 59.9 Å². The Balaban J connectivity index is 2.00. The van der Waals surface area contributed by atoms with Gasteiger partial charge in [0.15, 0.2) is 11.6 Å². The number of ether oxygens (including phenoxy) is 1. The molecule has 2 aromatic rings. The zero-order valence-electron chi connectivity index (χ0n) is 11.3. The van der Waals surface area contributed by atoms with Gasteiger partial charge >= 0.3 is 0 Å². The molecule has 2 heterocycles. The average Bonchev–Trinajstić information content (AvgIpc) is 2.45. The predicted octanol–water partition coefficient (Wildman–Crippen LogP) is 2.58. The van der Waals surface area contributed by atoms with Crippen molar-refractivity contribution in [2.45, 2.75) is 26.8 Å². The van der Waals surface area contributed by atoms with Gasteiger partial charge in [0.2, 0.25) is 0 Å². The molecule has 0 unspecified atom stereocenters. The zero-order chi connectivity index (χ0) is 13.5. The smallest absolute Gasteiger partial charge is 0.169 e. The van der Waals surface area contributed by atoms with Crippen molar-refractivity contribution in [3.8, 4) is 5.75 Å². The number of aryl methyl sites for hydroxylation is 1. The van der Waals surface area contributed by atoms with Crippen LogP contribution in [0.15, 0.2) is 30.7 Å². The fraction of sp³-hybridized carbons (Fsp3) is 0.357. The highest BCUT2D eigenvalue weighted by Gasteiger charge is 2.04. The molecular formula is C14H18N4O. The van der Waals surface area contributed by atoms with E-state index in [0.717, 1.165) is 29.4 Å². The van der Waals surface area contributed by atoms with Crippen LogP contribution in [-0.2, 0) is 6.54 Å². The van der Waals surface area contributed by atoms with Crippen LogP contribution in [0.2, 0.25) is 0 Å². The second-order valence-electron chi connectivity index (χ2n) is 4.20. The molecule has 0 aromatic carbocycles. The lowest BCUT2D eigenvalue weighted by Gasteiger charge is -2.11. The molecule has 0 fully saturated rings. The van der Waals surface area contributed by atoms with Crippen LogP contribution in [-0.4, -0.2) is 21.6 Å². The number of hydrogen-bond acceptors (Lipinski definition) is 5. The van der Waals surface area contributed by atoms with Gasteiger partial charge in [-0.2, -0.15) is 0 Å². The Kier molecular flexibility index (Phi) is 4.66. The largest absolute Gasteiger partial charge is 0.490 e. The van der Waals surface area contributed by atoms with Gasteiger partial charge in [0.05, 0.1) is 30.7 Å². The van der Waals surface area contributed by atoms with Crippen molar-refractivity contribution in [1.82, 2.24) is 15.0 Å². The van der Waals surface area contributed by atoms with Crippen molar-refractivity contribution in [2.75, 3.05) is 11.9 Å². The van der Waals surface area contributed by atoms with Crippen molar-refractivity contribution in [2.24, 2.45) is 0 Å². The molecular weight excluding hydrogens is 240 g/mol. The van der Waals surface area contributed by atoms with Gasteiger partial charge < -0.3 is 10.1 Å². The molecule has 0 aliphatic heterocycles. The highest BCUT2D eigenvalue weighted by atomic mass is 16.5. The summed E-state index contributed by atoms with van der Waals surface area (Å²) in [6.45, 7) is 5.25. The molecule has 0 spiro atoms. The maximum absolute atomic E-state index is 5.63. The molecule has 0 amide bonds. The van der Waals surface area contributed by atoms with Crippen molar-refractivity contribution in [3.05, 3.63) is 42.1 Å². The minimum absolute atomic E-state index is 0.576. The number of anilines is 1. The number of rotatable bonds is 6. The summed E-state index contributed by atoms with van der Waals surface area (Å²) < 4.78 is 5.63. The molecule has 1 N–H and O–H groups in total. The van der Waals surface area contributed by atoms with Gasteiger partial charge in [0.25, 0.3) is 0 Å². The Morgan fingerprint density at radius 2 is 2.11 bits per heavy atom. The Morgan fingerprint density at radius 3 is 2.84 bits per heavy atom. The van der Waals surface area contributed by atoms with Crippen LogP contribution in [0.5, 0.6) is 5.75 Å². The lowest BCUT2D eigenvalue weighted by atomic mass is 10.4. The summed E-state index contributed by atoms with van der Waals surface area (Å²) in [5, 5.41) is 3.22. The second-order valence-corrected chi connectivity index (χ2v) is 4.20. The third kappa shape index (κ3) is 3.91. The molecule has 0 aliphatic carbocycles. The molecule has 0 radical (unpaired) electrons. The maximum Gasteiger partial charge on any atom is 0.169 e. The lowest BCUT2D eigenvalue weighted by Crippen LogP contribution is -2.06. The summed E-state index contributed by atoms with van der Waals surface area (Å²) in [5.74, 6) is 1.50. The molecule has 2 aromatic heterocycles.